The normalized spacial score (nSPS) is 10.4. The highest BCUT2D eigenvalue weighted by atomic mass is 35.5. The van der Waals surface area contributed by atoms with Gasteiger partial charge in [0.2, 0.25) is 0 Å². The Balaban J connectivity index is 1.94. The van der Waals surface area contributed by atoms with Crippen molar-refractivity contribution in [1.29, 1.82) is 5.41 Å². The molecule has 176 valence electrons. The molecule has 0 unspecified atom stereocenters. The number of nitrogens with one attached hydrogen (secondary N) is 3. The fraction of sp³-hybridized carbons (Fsp3) is 0.167. The Labute approximate surface area is 201 Å². The molecule has 3 rings (SSSR count). The van der Waals surface area contributed by atoms with Crippen LogP contribution >= 0.6 is 11.6 Å². The maximum Gasteiger partial charge on any atom is 0.259 e. The molecule has 0 atom stereocenters. The van der Waals surface area contributed by atoms with E-state index in [-0.39, 0.29) is 34.2 Å². The van der Waals surface area contributed by atoms with E-state index < -0.39 is 17.6 Å². The highest BCUT2D eigenvalue weighted by Gasteiger charge is 2.22. The second-order valence-corrected chi connectivity index (χ2v) is 8.03. The molecule has 0 radical (unpaired) electrons. The standard InChI is InChI=1S/C24H23ClFN5O3/c1-13-9-17(24(33)29-20-8-6-15(25)12-28-20)21(19(10-13)34-4)30-23(32)16-7-5-14(11-18(16)26)22(27)31(2)3/h5-12,27H,1-4H3,(H,30,32)(H,28,29,33). The lowest BCUT2D eigenvalue weighted by molar-refractivity contribution is 0.102. The smallest absolute Gasteiger partial charge is 0.259 e. The molecule has 8 nitrogen and oxygen atoms in total. The Bertz CT molecular complexity index is 1260. The van der Waals surface area contributed by atoms with Gasteiger partial charge in [-0.1, -0.05) is 17.7 Å². The zero-order chi connectivity index (χ0) is 25.0. The summed E-state index contributed by atoms with van der Waals surface area (Å²) >= 11 is 5.84. The van der Waals surface area contributed by atoms with Crippen LogP contribution in [0.5, 0.6) is 5.75 Å². The molecule has 0 spiro atoms. The number of aryl methyl sites for hydroxylation is 1. The Morgan fingerprint density at radius 2 is 1.76 bits per heavy atom. The van der Waals surface area contributed by atoms with Crippen LogP contribution in [0.2, 0.25) is 5.02 Å². The van der Waals surface area contributed by atoms with Gasteiger partial charge in [0, 0.05) is 25.9 Å². The highest BCUT2D eigenvalue weighted by Crippen LogP contribution is 2.32. The molecule has 3 aromatic rings. The van der Waals surface area contributed by atoms with Crippen LogP contribution in [-0.4, -0.2) is 48.7 Å². The van der Waals surface area contributed by atoms with Crippen LogP contribution in [0.1, 0.15) is 31.8 Å². The number of hydrogen-bond acceptors (Lipinski definition) is 5. The summed E-state index contributed by atoms with van der Waals surface area (Å²) in [7, 11) is 4.72. The lowest BCUT2D eigenvalue weighted by Crippen LogP contribution is -2.23. The molecule has 0 saturated heterocycles. The fourth-order valence-corrected chi connectivity index (χ4v) is 3.25. The number of carbonyl (C=O) groups is 2. The minimum Gasteiger partial charge on any atom is -0.495 e. The third-order valence-corrected chi connectivity index (χ3v) is 5.08. The zero-order valence-corrected chi connectivity index (χ0v) is 19.7. The van der Waals surface area contributed by atoms with Crippen LogP contribution in [-0.2, 0) is 0 Å². The van der Waals surface area contributed by atoms with Crippen molar-refractivity contribution in [3.8, 4) is 5.75 Å². The first kappa shape index (κ1) is 24.7. The summed E-state index contributed by atoms with van der Waals surface area (Å²) in [6, 6.07) is 10.2. The predicted molar refractivity (Wildman–Crippen MR) is 130 cm³/mol. The summed E-state index contributed by atoms with van der Waals surface area (Å²) < 4.78 is 20.1. The highest BCUT2D eigenvalue weighted by molar-refractivity contribution is 6.30. The molecular formula is C24H23ClFN5O3. The van der Waals surface area contributed by atoms with Gasteiger partial charge in [0.05, 0.1) is 28.9 Å². The van der Waals surface area contributed by atoms with E-state index in [4.69, 9.17) is 21.7 Å². The maximum absolute atomic E-state index is 14.7. The first-order valence-electron chi connectivity index (χ1n) is 10.1. The Hall–Kier alpha value is -3.98. The monoisotopic (exact) mass is 483 g/mol. The van der Waals surface area contributed by atoms with Crippen LogP contribution in [0.25, 0.3) is 0 Å². The van der Waals surface area contributed by atoms with Gasteiger partial charge in [0.15, 0.2) is 0 Å². The summed E-state index contributed by atoms with van der Waals surface area (Å²) in [5.74, 6) is -1.54. The number of methoxy groups -OCH3 is 1. The van der Waals surface area contributed by atoms with Gasteiger partial charge in [-0.05, 0) is 48.9 Å². The summed E-state index contributed by atoms with van der Waals surface area (Å²) in [5.41, 5.74) is 0.968. The van der Waals surface area contributed by atoms with E-state index in [0.717, 1.165) is 6.07 Å². The molecule has 3 N–H and O–H groups in total. The largest absolute Gasteiger partial charge is 0.495 e. The van der Waals surface area contributed by atoms with Crippen molar-refractivity contribution in [1.82, 2.24) is 9.88 Å². The molecule has 0 aliphatic heterocycles. The molecule has 0 aliphatic carbocycles. The van der Waals surface area contributed by atoms with Crippen molar-refractivity contribution < 1.29 is 18.7 Å². The third kappa shape index (κ3) is 5.49. The van der Waals surface area contributed by atoms with Gasteiger partial charge >= 0.3 is 0 Å². The van der Waals surface area contributed by atoms with Crippen molar-refractivity contribution in [2.75, 3.05) is 31.8 Å². The number of aromatic nitrogens is 1. The summed E-state index contributed by atoms with van der Waals surface area (Å²) in [6.45, 7) is 1.77. The summed E-state index contributed by atoms with van der Waals surface area (Å²) in [4.78, 5) is 31.5. The summed E-state index contributed by atoms with van der Waals surface area (Å²) in [5, 5.41) is 13.6. The molecule has 1 heterocycles. The topological polar surface area (TPSA) is 107 Å². The van der Waals surface area contributed by atoms with Gasteiger partial charge in [-0.15, -0.1) is 0 Å². The molecule has 0 saturated carbocycles. The molecule has 0 aliphatic rings. The third-order valence-electron chi connectivity index (χ3n) is 4.85. The van der Waals surface area contributed by atoms with E-state index in [0.29, 0.717) is 16.1 Å². The first-order valence-corrected chi connectivity index (χ1v) is 10.5. The number of rotatable bonds is 6. The number of ether oxygens (including phenoxy) is 1. The van der Waals surface area contributed by atoms with Crippen LogP contribution in [0.3, 0.4) is 0 Å². The number of pyridine rings is 1. The number of amidine groups is 1. The van der Waals surface area contributed by atoms with Crippen molar-refractivity contribution in [2.45, 2.75) is 6.92 Å². The van der Waals surface area contributed by atoms with Crippen LogP contribution < -0.4 is 15.4 Å². The Morgan fingerprint density at radius 1 is 1.06 bits per heavy atom. The average Bonchev–Trinajstić information content (AvgIpc) is 2.80. The number of anilines is 2. The Morgan fingerprint density at radius 3 is 2.35 bits per heavy atom. The van der Waals surface area contributed by atoms with Gasteiger partial charge < -0.3 is 20.3 Å². The van der Waals surface area contributed by atoms with E-state index in [1.165, 1.54) is 36.4 Å². The molecule has 2 aromatic carbocycles. The van der Waals surface area contributed by atoms with E-state index >= 15 is 0 Å². The van der Waals surface area contributed by atoms with Crippen molar-refractivity contribution in [2.24, 2.45) is 0 Å². The van der Waals surface area contributed by atoms with Crippen LogP contribution in [0.4, 0.5) is 15.9 Å². The SMILES string of the molecule is COc1cc(C)cc(C(=O)Nc2ccc(Cl)cn2)c1NC(=O)c1ccc(C(=N)N(C)C)cc1F. The lowest BCUT2D eigenvalue weighted by Gasteiger charge is -2.17. The predicted octanol–water partition coefficient (Wildman–Crippen LogP) is 4.58. The number of benzene rings is 2. The quantitative estimate of drug-likeness (QED) is 0.351. The van der Waals surface area contributed by atoms with E-state index in [1.54, 1.807) is 39.2 Å². The van der Waals surface area contributed by atoms with Gasteiger partial charge in [-0.3, -0.25) is 15.0 Å². The van der Waals surface area contributed by atoms with Crippen molar-refractivity contribution in [3.63, 3.8) is 0 Å². The molecular weight excluding hydrogens is 461 g/mol. The number of amides is 2. The van der Waals surface area contributed by atoms with Gasteiger partial charge in [-0.25, -0.2) is 9.37 Å². The number of hydrogen-bond donors (Lipinski definition) is 3. The van der Waals surface area contributed by atoms with Crippen molar-refractivity contribution in [3.05, 3.63) is 81.8 Å². The van der Waals surface area contributed by atoms with E-state index in [1.807, 2.05) is 0 Å². The van der Waals surface area contributed by atoms with E-state index in [2.05, 4.69) is 15.6 Å². The minimum atomic E-state index is -0.802. The molecule has 2 amide bonds. The lowest BCUT2D eigenvalue weighted by atomic mass is 10.1. The van der Waals surface area contributed by atoms with Gasteiger partial charge in [0.1, 0.15) is 23.2 Å². The molecule has 34 heavy (non-hydrogen) atoms. The van der Waals surface area contributed by atoms with Crippen LogP contribution in [0, 0.1) is 18.2 Å². The first-order chi connectivity index (χ1) is 16.1. The molecule has 10 heteroatoms. The van der Waals surface area contributed by atoms with Crippen molar-refractivity contribution >= 4 is 40.8 Å². The number of carbonyl (C=O) groups excluding carboxylic acids is 2. The molecule has 0 fully saturated rings. The molecule has 1 aromatic heterocycles. The summed E-state index contributed by atoms with van der Waals surface area (Å²) in [6.07, 6.45) is 1.39. The maximum atomic E-state index is 14.7. The van der Waals surface area contributed by atoms with Gasteiger partial charge in [-0.2, -0.15) is 0 Å². The minimum absolute atomic E-state index is 0.0778. The average molecular weight is 484 g/mol. The fourth-order valence-electron chi connectivity index (χ4n) is 3.14. The Kier molecular flexibility index (Phi) is 7.47. The zero-order valence-electron chi connectivity index (χ0n) is 19.0. The number of nitrogens with zero attached hydrogens (tertiary/aromatic N) is 2. The van der Waals surface area contributed by atoms with E-state index in [9.17, 15) is 14.0 Å². The van der Waals surface area contributed by atoms with Crippen LogP contribution in [0.15, 0.2) is 48.7 Å². The second kappa shape index (κ2) is 10.3. The molecule has 0 bridgehead atoms. The van der Waals surface area contributed by atoms with Gasteiger partial charge in [0.25, 0.3) is 11.8 Å². The second-order valence-electron chi connectivity index (χ2n) is 7.60. The number of halogens is 2.